The van der Waals surface area contributed by atoms with E-state index in [1.807, 2.05) is 0 Å². The van der Waals surface area contributed by atoms with Crippen molar-refractivity contribution in [3.63, 3.8) is 0 Å². The summed E-state index contributed by atoms with van der Waals surface area (Å²) in [7, 11) is -3.58. The minimum absolute atomic E-state index is 0.0376. The number of rotatable bonds is 4. The Balaban J connectivity index is 2.31. The van der Waals surface area contributed by atoms with Gasteiger partial charge in [0.05, 0.1) is 16.2 Å². The van der Waals surface area contributed by atoms with Gasteiger partial charge in [0, 0.05) is 9.50 Å². The molecule has 0 aliphatic rings. The van der Waals surface area contributed by atoms with Crippen LogP contribution in [0.25, 0.3) is 0 Å². The Morgan fingerprint density at radius 3 is 2.29 bits per heavy atom. The number of hydrogen-bond acceptors (Lipinski definition) is 3. The van der Waals surface area contributed by atoms with Crippen LogP contribution in [0.2, 0.25) is 5.02 Å². The Bertz CT molecular complexity index is 785. The van der Waals surface area contributed by atoms with Crippen molar-refractivity contribution < 1.29 is 18.3 Å². The number of carboxylic acids is 1. The fourth-order valence-electron chi connectivity index (χ4n) is 1.73. The van der Waals surface area contributed by atoms with Crippen molar-refractivity contribution in [2.24, 2.45) is 0 Å². The zero-order valence-electron chi connectivity index (χ0n) is 10.6. The molecule has 0 amide bonds. The van der Waals surface area contributed by atoms with Crippen molar-refractivity contribution in [3.05, 3.63) is 63.1 Å². The topological polar surface area (TPSA) is 71.4 Å². The summed E-state index contributed by atoms with van der Waals surface area (Å²) < 4.78 is 25.4. The van der Waals surface area contributed by atoms with E-state index in [-0.39, 0.29) is 16.2 Å². The number of sulfone groups is 1. The second kappa shape index (κ2) is 6.17. The van der Waals surface area contributed by atoms with E-state index in [0.29, 0.717) is 10.6 Å². The minimum atomic E-state index is -3.58. The quantitative estimate of drug-likeness (QED) is 0.864. The Morgan fingerprint density at radius 2 is 1.76 bits per heavy atom. The smallest absolute Gasteiger partial charge is 0.335 e. The predicted octanol–water partition coefficient (Wildman–Crippen LogP) is 3.77. The molecule has 0 saturated carbocycles. The van der Waals surface area contributed by atoms with Crippen LogP contribution in [0.15, 0.2) is 51.8 Å². The van der Waals surface area contributed by atoms with Gasteiger partial charge in [-0.15, -0.1) is 0 Å². The van der Waals surface area contributed by atoms with Gasteiger partial charge in [-0.05, 0) is 42.0 Å². The molecule has 2 aromatic rings. The first-order valence-electron chi connectivity index (χ1n) is 5.79. The molecule has 0 aliphatic carbocycles. The van der Waals surface area contributed by atoms with E-state index < -0.39 is 15.8 Å². The number of halogens is 2. The summed E-state index contributed by atoms with van der Waals surface area (Å²) in [4.78, 5) is 10.8. The molecule has 0 bridgehead atoms. The molecule has 2 aromatic carbocycles. The second-order valence-corrected chi connectivity index (χ2v) is 7.64. The highest BCUT2D eigenvalue weighted by molar-refractivity contribution is 9.10. The van der Waals surface area contributed by atoms with Gasteiger partial charge >= 0.3 is 5.97 Å². The van der Waals surface area contributed by atoms with Crippen molar-refractivity contribution in [1.82, 2.24) is 0 Å². The van der Waals surface area contributed by atoms with Gasteiger partial charge in [0.15, 0.2) is 9.84 Å². The molecule has 0 fully saturated rings. The lowest BCUT2D eigenvalue weighted by atomic mass is 10.2. The molecule has 0 aliphatic heterocycles. The summed E-state index contributed by atoms with van der Waals surface area (Å²) in [6, 6.07) is 10.1. The third-order valence-electron chi connectivity index (χ3n) is 2.82. The molecule has 4 nitrogen and oxygen atoms in total. The molecule has 2 rings (SSSR count). The molecular weight excluding hydrogens is 380 g/mol. The van der Waals surface area contributed by atoms with Gasteiger partial charge in [-0.25, -0.2) is 13.2 Å². The van der Waals surface area contributed by atoms with Crippen LogP contribution in [-0.4, -0.2) is 19.5 Å². The minimum Gasteiger partial charge on any atom is -0.478 e. The van der Waals surface area contributed by atoms with Crippen LogP contribution < -0.4 is 0 Å². The fraction of sp³-hybridized carbons (Fsp3) is 0.0714. The van der Waals surface area contributed by atoms with Crippen LogP contribution in [0.4, 0.5) is 0 Å². The molecular formula is C14H10BrClO4S. The third kappa shape index (κ3) is 3.84. The number of carbonyl (C=O) groups is 1. The van der Waals surface area contributed by atoms with Crippen LogP contribution >= 0.6 is 27.5 Å². The highest BCUT2D eigenvalue weighted by Crippen LogP contribution is 2.25. The summed E-state index contributed by atoms with van der Waals surface area (Å²) >= 11 is 9.27. The standard InChI is InChI=1S/C14H10BrClO4S/c15-11-4-1-10(13(16)7-11)8-21(19,20)12-5-2-9(3-6-12)14(17)18/h1-7H,8H2,(H,17,18). The van der Waals surface area contributed by atoms with E-state index in [4.69, 9.17) is 16.7 Å². The van der Waals surface area contributed by atoms with Crippen molar-refractivity contribution in [2.45, 2.75) is 10.6 Å². The molecule has 0 aromatic heterocycles. The normalized spacial score (nSPS) is 11.3. The van der Waals surface area contributed by atoms with Crippen LogP contribution in [0, 0.1) is 0 Å². The first-order chi connectivity index (χ1) is 9.79. The van der Waals surface area contributed by atoms with E-state index in [1.54, 1.807) is 18.2 Å². The number of benzene rings is 2. The molecule has 1 N–H and O–H groups in total. The predicted molar refractivity (Wildman–Crippen MR) is 83.4 cm³/mol. The van der Waals surface area contributed by atoms with Crippen LogP contribution in [-0.2, 0) is 15.6 Å². The summed E-state index contributed by atoms with van der Waals surface area (Å²) in [5, 5.41) is 9.16. The molecule has 0 radical (unpaired) electrons. The lowest BCUT2D eigenvalue weighted by Gasteiger charge is -2.07. The molecule has 0 saturated heterocycles. The molecule has 0 atom stereocenters. The fourth-order valence-corrected chi connectivity index (χ4v) is 3.93. The second-order valence-electron chi connectivity index (χ2n) is 4.32. The lowest BCUT2D eigenvalue weighted by molar-refractivity contribution is 0.0696. The Kier molecular flexibility index (Phi) is 4.70. The van der Waals surface area contributed by atoms with Gasteiger partial charge in [0.25, 0.3) is 0 Å². The lowest BCUT2D eigenvalue weighted by Crippen LogP contribution is -2.06. The van der Waals surface area contributed by atoms with E-state index in [9.17, 15) is 13.2 Å². The van der Waals surface area contributed by atoms with Gasteiger partial charge in [-0.3, -0.25) is 0 Å². The van der Waals surface area contributed by atoms with Crippen molar-refractivity contribution in [2.75, 3.05) is 0 Å². The first kappa shape index (κ1) is 16.0. The van der Waals surface area contributed by atoms with Gasteiger partial charge in [-0.2, -0.15) is 0 Å². The van der Waals surface area contributed by atoms with Gasteiger partial charge < -0.3 is 5.11 Å². The van der Waals surface area contributed by atoms with Crippen LogP contribution in [0.5, 0.6) is 0 Å². The van der Waals surface area contributed by atoms with E-state index >= 15 is 0 Å². The van der Waals surface area contributed by atoms with Crippen LogP contribution in [0.1, 0.15) is 15.9 Å². The van der Waals surface area contributed by atoms with Gasteiger partial charge in [0.2, 0.25) is 0 Å². The summed E-state index contributed by atoms with van der Waals surface area (Å²) in [5.74, 6) is -1.35. The maximum absolute atomic E-state index is 12.3. The first-order valence-corrected chi connectivity index (χ1v) is 8.62. The summed E-state index contributed by atoms with van der Waals surface area (Å²) in [6.07, 6.45) is 0. The Labute approximate surface area is 135 Å². The molecule has 21 heavy (non-hydrogen) atoms. The zero-order chi connectivity index (χ0) is 15.6. The molecule has 0 heterocycles. The van der Waals surface area contributed by atoms with Crippen LogP contribution in [0.3, 0.4) is 0 Å². The van der Waals surface area contributed by atoms with Crippen molar-refractivity contribution in [3.8, 4) is 0 Å². The average Bonchev–Trinajstić information content (AvgIpc) is 2.42. The maximum Gasteiger partial charge on any atom is 0.335 e. The van der Waals surface area contributed by atoms with E-state index in [0.717, 1.165) is 4.47 Å². The molecule has 0 spiro atoms. The Hall–Kier alpha value is -1.37. The van der Waals surface area contributed by atoms with Crippen molar-refractivity contribution in [1.29, 1.82) is 0 Å². The van der Waals surface area contributed by atoms with E-state index in [2.05, 4.69) is 15.9 Å². The zero-order valence-corrected chi connectivity index (χ0v) is 13.7. The van der Waals surface area contributed by atoms with Gasteiger partial charge in [0.1, 0.15) is 0 Å². The van der Waals surface area contributed by atoms with E-state index in [1.165, 1.54) is 24.3 Å². The molecule has 110 valence electrons. The monoisotopic (exact) mass is 388 g/mol. The summed E-state index contributed by atoms with van der Waals surface area (Å²) in [5.41, 5.74) is 0.526. The SMILES string of the molecule is O=C(O)c1ccc(S(=O)(=O)Cc2ccc(Br)cc2Cl)cc1. The number of carboxylic acid groups (broad SMARTS) is 1. The highest BCUT2D eigenvalue weighted by Gasteiger charge is 2.17. The maximum atomic E-state index is 12.3. The number of aromatic carboxylic acids is 1. The van der Waals surface area contributed by atoms with Gasteiger partial charge in [-0.1, -0.05) is 33.6 Å². The average molecular weight is 390 g/mol. The summed E-state index contributed by atoms with van der Waals surface area (Å²) in [6.45, 7) is 0. The molecule has 0 unspecified atom stereocenters. The third-order valence-corrected chi connectivity index (χ3v) is 5.35. The number of hydrogen-bond donors (Lipinski definition) is 1. The molecule has 7 heteroatoms. The highest BCUT2D eigenvalue weighted by atomic mass is 79.9. The largest absolute Gasteiger partial charge is 0.478 e. The van der Waals surface area contributed by atoms with Crippen molar-refractivity contribution >= 4 is 43.3 Å². The Morgan fingerprint density at radius 1 is 1.14 bits per heavy atom.